The second-order valence-corrected chi connectivity index (χ2v) is 10.5. The Labute approximate surface area is 202 Å². The SMILES string of the molecule is CCc1c(N2CCN(C(=O)OC(C)(C)C)CC2)c(=O)n2nc(C3C4COCC43)nc2n1CC(=O)O. The zero-order chi connectivity index (χ0) is 25.1. The van der Waals surface area contributed by atoms with E-state index in [1.54, 1.807) is 9.47 Å². The van der Waals surface area contributed by atoms with Crippen molar-refractivity contribution in [1.82, 2.24) is 24.1 Å². The van der Waals surface area contributed by atoms with Crippen LogP contribution in [-0.2, 0) is 27.2 Å². The number of hydrogen-bond donors (Lipinski definition) is 1. The number of aromatic nitrogens is 4. The third-order valence-corrected chi connectivity index (χ3v) is 6.97. The minimum Gasteiger partial charge on any atom is -0.480 e. The van der Waals surface area contributed by atoms with Crippen molar-refractivity contribution in [3.8, 4) is 0 Å². The van der Waals surface area contributed by atoms with Crippen LogP contribution in [0.4, 0.5) is 10.5 Å². The molecule has 4 heterocycles. The number of anilines is 1. The van der Waals surface area contributed by atoms with E-state index in [4.69, 9.17) is 9.47 Å². The third-order valence-electron chi connectivity index (χ3n) is 6.97. The Hall–Kier alpha value is -3.15. The Morgan fingerprint density at radius 3 is 2.37 bits per heavy atom. The van der Waals surface area contributed by atoms with Gasteiger partial charge in [-0.1, -0.05) is 6.92 Å². The Bertz CT molecular complexity index is 1210. The van der Waals surface area contributed by atoms with Gasteiger partial charge >= 0.3 is 12.1 Å². The van der Waals surface area contributed by atoms with Crippen LogP contribution in [0.3, 0.4) is 0 Å². The van der Waals surface area contributed by atoms with Crippen LogP contribution in [0.5, 0.6) is 0 Å². The molecule has 0 spiro atoms. The van der Waals surface area contributed by atoms with Gasteiger partial charge in [-0.25, -0.2) is 4.79 Å². The maximum Gasteiger partial charge on any atom is 0.410 e. The summed E-state index contributed by atoms with van der Waals surface area (Å²) in [5.74, 6) is 0.683. The summed E-state index contributed by atoms with van der Waals surface area (Å²) >= 11 is 0. The average Bonchev–Trinajstić information content (AvgIpc) is 3.14. The number of carboxylic acid groups (broad SMARTS) is 1. The lowest BCUT2D eigenvalue weighted by molar-refractivity contribution is -0.137. The number of nitrogens with zero attached hydrogens (tertiary/aromatic N) is 6. The van der Waals surface area contributed by atoms with Crippen molar-refractivity contribution in [1.29, 1.82) is 0 Å². The smallest absolute Gasteiger partial charge is 0.410 e. The summed E-state index contributed by atoms with van der Waals surface area (Å²) < 4.78 is 13.8. The van der Waals surface area contributed by atoms with Gasteiger partial charge < -0.3 is 28.9 Å². The zero-order valence-electron chi connectivity index (χ0n) is 20.6. The van der Waals surface area contributed by atoms with Crippen LogP contribution < -0.4 is 10.5 Å². The average molecular weight is 489 g/mol. The van der Waals surface area contributed by atoms with Crippen molar-refractivity contribution >= 4 is 23.5 Å². The first kappa shape index (κ1) is 23.6. The second kappa shape index (κ2) is 8.51. The molecule has 35 heavy (non-hydrogen) atoms. The van der Waals surface area contributed by atoms with Gasteiger partial charge in [0.1, 0.15) is 17.8 Å². The number of hydrogen-bond acceptors (Lipinski definition) is 8. The highest BCUT2D eigenvalue weighted by Gasteiger charge is 2.57. The van der Waals surface area contributed by atoms with Gasteiger partial charge in [0.25, 0.3) is 5.56 Å². The van der Waals surface area contributed by atoms with Crippen molar-refractivity contribution in [2.75, 3.05) is 44.3 Å². The molecule has 1 N–H and O–H groups in total. The summed E-state index contributed by atoms with van der Waals surface area (Å²) in [7, 11) is 0. The van der Waals surface area contributed by atoms with Crippen LogP contribution >= 0.6 is 0 Å². The maximum atomic E-state index is 13.7. The minimum atomic E-state index is -1.02. The number of carbonyl (C=O) groups excluding carboxylic acids is 1. The van der Waals surface area contributed by atoms with Crippen molar-refractivity contribution in [2.24, 2.45) is 11.8 Å². The predicted octanol–water partition coefficient (Wildman–Crippen LogP) is 0.955. The molecular formula is C23H32N6O6. The topological polar surface area (TPSA) is 132 Å². The van der Waals surface area contributed by atoms with Crippen LogP contribution in [0.2, 0.25) is 0 Å². The molecule has 2 aromatic heterocycles. The number of amides is 1. The molecule has 0 aromatic carbocycles. The van der Waals surface area contributed by atoms with Crippen LogP contribution in [-0.4, -0.2) is 86.2 Å². The Morgan fingerprint density at radius 2 is 1.80 bits per heavy atom. The van der Waals surface area contributed by atoms with Gasteiger partial charge in [0, 0.05) is 32.1 Å². The molecule has 2 aliphatic heterocycles. The lowest BCUT2D eigenvalue weighted by Gasteiger charge is -2.37. The lowest BCUT2D eigenvalue weighted by atomic mass is 10.2. The first-order valence-electron chi connectivity index (χ1n) is 12.1. The van der Waals surface area contributed by atoms with Crippen molar-refractivity contribution < 1.29 is 24.2 Å². The second-order valence-electron chi connectivity index (χ2n) is 10.5. The van der Waals surface area contributed by atoms with E-state index in [0.29, 0.717) is 74.9 Å². The van der Waals surface area contributed by atoms with Gasteiger partial charge in [0.05, 0.1) is 18.9 Å². The summed E-state index contributed by atoms with van der Waals surface area (Å²) in [4.78, 5) is 46.1. The monoisotopic (exact) mass is 488 g/mol. The molecular weight excluding hydrogens is 456 g/mol. The number of fused-ring (bicyclic) bond motifs is 2. The van der Waals surface area contributed by atoms with E-state index in [1.165, 1.54) is 4.52 Å². The van der Waals surface area contributed by atoms with E-state index in [-0.39, 0.29) is 29.9 Å². The molecule has 3 aliphatic rings. The van der Waals surface area contributed by atoms with Gasteiger partial charge in [0.2, 0.25) is 5.78 Å². The number of carboxylic acids is 1. The first-order chi connectivity index (χ1) is 16.6. The Balaban J connectivity index is 1.49. The molecule has 1 amide bonds. The van der Waals surface area contributed by atoms with Gasteiger partial charge in [-0.3, -0.25) is 9.59 Å². The molecule has 12 heteroatoms. The molecule has 1 saturated carbocycles. The molecule has 2 aromatic rings. The van der Waals surface area contributed by atoms with Crippen molar-refractivity contribution in [3.63, 3.8) is 0 Å². The highest BCUT2D eigenvalue weighted by atomic mass is 16.6. The minimum absolute atomic E-state index is 0.146. The number of piperazine rings is 1. The fraction of sp³-hybridized carbons (Fsp3) is 0.696. The zero-order valence-corrected chi connectivity index (χ0v) is 20.6. The Kier molecular flexibility index (Phi) is 5.73. The highest BCUT2D eigenvalue weighted by molar-refractivity contribution is 5.70. The van der Waals surface area contributed by atoms with Gasteiger partial charge in [0.15, 0.2) is 5.82 Å². The summed E-state index contributed by atoms with van der Waals surface area (Å²) in [6.07, 6.45) is 0.0669. The summed E-state index contributed by atoms with van der Waals surface area (Å²) in [5, 5.41) is 14.2. The molecule has 0 bridgehead atoms. The molecule has 2 atom stereocenters. The summed E-state index contributed by atoms with van der Waals surface area (Å²) in [6, 6.07) is 0. The molecule has 2 unspecified atom stereocenters. The quantitative estimate of drug-likeness (QED) is 0.653. The molecule has 190 valence electrons. The fourth-order valence-corrected chi connectivity index (χ4v) is 5.28. The van der Waals surface area contributed by atoms with E-state index < -0.39 is 11.6 Å². The lowest BCUT2D eigenvalue weighted by Crippen LogP contribution is -2.51. The van der Waals surface area contributed by atoms with Gasteiger partial charge in [-0.2, -0.15) is 9.50 Å². The number of carbonyl (C=O) groups is 2. The number of rotatable bonds is 5. The number of ether oxygens (including phenoxy) is 2. The van der Waals surface area contributed by atoms with Crippen LogP contribution in [0, 0.1) is 11.8 Å². The standard InChI is InChI=1S/C23H32N6O6/c1-5-15-18(26-6-8-27(9-7-26)22(33)35-23(2,3)4)20(32)29-21(28(15)10-16(30)31)24-19(25-29)17-13-11-34-12-14(13)17/h13-14,17H,5-12H2,1-4H3,(H,30,31). The van der Waals surface area contributed by atoms with Crippen LogP contribution in [0.25, 0.3) is 5.78 Å². The first-order valence-corrected chi connectivity index (χ1v) is 12.1. The molecule has 2 saturated heterocycles. The van der Waals surface area contributed by atoms with E-state index >= 15 is 0 Å². The van der Waals surface area contributed by atoms with E-state index in [1.807, 2.05) is 32.6 Å². The van der Waals surface area contributed by atoms with Gasteiger partial charge in [-0.15, -0.1) is 5.10 Å². The normalized spacial score (nSPS) is 24.1. The highest BCUT2D eigenvalue weighted by Crippen LogP contribution is 2.56. The van der Waals surface area contributed by atoms with Crippen molar-refractivity contribution in [2.45, 2.75) is 52.2 Å². The maximum absolute atomic E-state index is 13.7. The predicted molar refractivity (Wildman–Crippen MR) is 125 cm³/mol. The molecule has 3 fully saturated rings. The molecule has 1 aliphatic carbocycles. The van der Waals surface area contributed by atoms with Crippen LogP contribution in [0.1, 0.15) is 45.1 Å². The fourth-order valence-electron chi connectivity index (χ4n) is 5.28. The number of aliphatic carboxylic acids is 1. The van der Waals surface area contributed by atoms with E-state index in [9.17, 15) is 19.5 Å². The van der Waals surface area contributed by atoms with E-state index in [0.717, 1.165) is 0 Å². The molecule has 5 rings (SSSR count). The molecule has 0 radical (unpaired) electrons. The van der Waals surface area contributed by atoms with Crippen LogP contribution in [0.15, 0.2) is 4.79 Å². The largest absolute Gasteiger partial charge is 0.480 e. The van der Waals surface area contributed by atoms with Crippen molar-refractivity contribution in [3.05, 3.63) is 21.9 Å². The molecule has 12 nitrogen and oxygen atoms in total. The summed E-state index contributed by atoms with van der Waals surface area (Å²) in [5.41, 5.74) is 0.121. The summed E-state index contributed by atoms with van der Waals surface area (Å²) in [6.45, 7) is 9.99. The van der Waals surface area contributed by atoms with Gasteiger partial charge in [-0.05, 0) is 39.0 Å². The Morgan fingerprint density at radius 1 is 1.14 bits per heavy atom. The third kappa shape index (κ3) is 4.24. The van der Waals surface area contributed by atoms with E-state index in [2.05, 4.69) is 10.1 Å².